The number of fused-ring (bicyclic) bond motifs is 3. The molecule has 0 fully saturated rings. The molecule has 3 heterocycles. The molecule has 5 rings (SSSR count). The first-order valence-electron chi connectivity index (χ1n) is 11.3. The highest BCUT2D eigenvalue weighted by Crippen LogP contribution is 2.34. The zero-order chi connectivity index (χ0) is 22.8. The minimum absolute atomic E-state index is 0.0420. The predicted octanol–water partition coefficient (Wildman–Crippen LogP) is 3.87. The van der Waals surface area contributed by atoms with E-state index in [0.29, 0.717) is 19.5 Å². The number of carbonyl (C=O) groups excluding carboxylic acids is 2. The second-order valence-electron chi connectivity index (χ2n) is 8.55. The third kappa shape index (κ3) is 4.44. The summed E-state index contributed by atoms with van der Waals surface area (Å²) >= 11 is 0. The van der Waals surface area contributed by atoms with Gasteiger partial charge in [-0.2, -0.15) is 0 Å². The zero-order valence-electron chi connectivity index (χ0n) is 18.6. The van der Waals surface area contributed by atoms with Gasteiger partial charge in [0.25, 0.3) is 0 Å². The van der Waals surface area contributed by atoms with Crippen LogP contribution in [0.15, 0.2) is 63.6 Å². The summed E-state index contributed by atoms with van der Waals surface area (Å²) in [6.45, 7) is 2.89. The molecular formula is C26H27N3O4. The highest BCUT2D eigenvalue weighted by atomic mass is 16.3. The normalized spacial score (nSPS) is 15.4. The number of aromatic nitrogens is 1. The standard InChI is InChI=1S/C26H27N3O4/c1-17-8-10-20(33-17)15-27-25(30)16-29-23-7-3-2-6-21(23)22-13-18(9-11-24(22)29)26(31)28-14-19-5-4-12-32-19/h2-8,10,12,18H,9,11,13-16H2,1H3,(H,27,30)(H,28,31). The molecule has 0 saturated carbocycles. The molecule has 1 atom stereocenters. The molecule has 1 unspecified atom stereocenters. The Kier molecular flexibility index (Phi) is 5.77. The fraction of sp³-hybridized carbons (Fsp3) is 0.308. The minimum atomic E-state index is -0.0947. The number of benzene rings is 1. The van der Waals surface area contributed by atoms with Crippen LogP contribution in [0.1, 0.15) is 35.0 Å². The molecule has 170 valence electrons. The average Bonchev–Trinajstić information content (AvgIpc) is 3.56. The van der Waals surface area contributed by atoms with Crippen molar-refractivity contribution in [2.24, 2.45) is 5.92 Å². The summed E-state index contributed by atoms with van der Waals surface area (Å²) in [5.41, 5.74) is 3.35. The number of hydrogen-bond donors (Lipinski definition) is 2. The van der Waals surface area contributed by atoms with Gasteiger partial charge in [-0.25, -0.2) is 0 Å². The Bertz CT molecular complexity index is 1280. The summed E-state index contributed by atoms with van der Waals surface area (Å²) in [6.07, 6.45) is 3.78. The van der Waals surface area contributed by atoms with Gasteiger partial charge in [0.05, 0.1) is 19.4 Å². The van der Waals surface area contributed by atoms with Gasteiger partial charge in [0.2, 0.25) is 11.8 Å². The molecule has 7 heteroatoms. The van der Waals surface area contributed by atoms with Crippen LogP contribution in [-0.4, -0.2) is 16.4 Å². The van der Waals surface area contributed by atoms with Gasteiger partial charge in [-0.15, -0.1) is 0 Å². The van der Waals surface area contributed by atoms with E-state index in [1.165, 1.54) is 5.56 Å². The maximum Gasteiger partial charge on any atom is 0.240 e. The largest absolute Gasteiger partial charge is 0.467 e. The number of nitrogens with one attached hydrogen (secondary N) is 2. The second-order valence-corrected chi connectivity index (χ2v) is 8.55. The molecule has 1 aliphatic carbocycles. The highest BCUT2D eigenvalue weighted by Gasteiger charge is 2.29. The molecule has 3 aromatic heterocycles. The van der Waals surface area contributed by atoms with Gasteiger partial charge < -0.3 is 24.0 Å². The lowest BCUT2D eigenvalue weighted by molar-refractivity contribution is -0.125. The average molecular weight is 446 g/mol. The number of hydrogen-bond acceptors (Lipinski definition) is 4. The van der Waals surface area contributed by atoms with E-state index in [-0.39, 0.29) is 24.3 Å². The van der Waals surface area contributed by atoms with Crippen LogP contribution < -0.4 is 10.6 Å². The zero-order valence-corrected chi connectivity index (χ0v) is 18.6. The van der Waals surface area contributed by atoms with E-state index in [1.54, 1.807) is 6.26 Å². The van der Waals surface area contributed by atoms with E-state index in [9.17, 15) is 9.59 Å². The van der Waals surface area contributed by atoms with Crippen LogP contribution in [0, 0.1) is 12.8 Å². The van der Waals surface area contributed by atoms with Crippen molar-refractivity contribution >= 4 is 22.7 Å². The molecule has 0 aliphatic heterocycles. The fourth-order valence-corrected chi connectivity index (χ4v) is 4.70. The lowest BCUT2D eigenvalue weighted by Crippen LogP contribution is -2.34. The first-order valence-corrected chi connectivity index (χ1v) is 11.3. The van der Waals surface area contributed by atoms with Gasteiger partial charge in [-0.05, 0) is 62.1 Å². The molecule has 0 spiro atoms. The van der Waals surface area contributed by atoms with Crippen LogP contribution >= 0.6 is 0 Å². The molecule has 0 bridgehead atoms. The van der Waals surface area contributed by atoms with E-state index in [2.05, 4.69) is 21.3 Å². The molecule has 4 aromatic rings. The summed E-state index contributed by atoms with van der Waals surface area (Å²) in [6, 6.07) is 15.5. The molecule has 1 aliphatic rings. The van der Waals surface area contributed by atoms with Crippen LogP contribution in [0.2, 0.25) is 0 Å². The van der Waals surface area contributed by atoms with Gasteiger partial charge in [-0.3, -0.25) is 9.59 Å². The van der Waals surface area contributed by atoms with Gasteiger partial charge in [0.1, 0.15) is 23.8 Å². The maximum atomic E-state index is 12.8. The van der Waals surface area contributed by atoms with Crippen LogP contribution in [0.4, 0.5) is 0 Å². The topological polar surface area (TPSA) is 89.4 Å². The molecule has 33 heavy (non-hydrogen) atoms. The lowest BCUT2D eigenvalue weighted by atomic mass is 9.85. The minimum Gasteiger partial charge on any atom is -0.467 e. The first kappa shape index (κ1) is 21.1. The van der Waals surface area contributed by atoms with E-state index in [0.717, 1.165) is 46.7 Å². The Morgan fingerprint density at radius 2 is 1.88 bits per heavy atom. The van der Waals surface area contributed by atoms with Crippen molar-refractivity contribution in [2.45, 2.75) is 45.8 Å². The van der Waals surface area contributed by atoms with Crippen LogP contribution in [-0.2, 0) is 42.1 Å². The number of para-hydroxylation sites is 1. The SMILES string of the molecule is Cc1ccc(CNC(=O)Cn2c3c(c4ccccc42)CC(C(=O)NCc2ccco2)CC3)o1. The Labute approximate surface area is 191 Å². The monoisotopic (exact) mass is 445 g/mol. The number of furan rings is 2. The summed E-state index contributed by atoms with van der Waals surface area (Å²) < 4.78 is 13.0. The quantitative estimate of drug-likeness (QED) is 0.452. The summed E-state index contributed by atoms with van der Waals surface area (Å²) in [7, 11) is 0. The smallest absolute Gasteiger partial charge is 0.240 e. The predicted molar refractivity (Wildman–Crippen MR) is 123 cm³/mol. The van der Waals surface area contributed by atoms with Gasteiger partial charge in [0, 0.05) is 22.5 Å². The maximum absolute atomic E-state index is 12.8. The molecule has 0 radical (unpaired) electrons. The first-order chi connectivity index (χ1) is 16.1. The van der Waals surface area contributed by atoms with Crippen molar-refractivity contribution in [3.8, 4) is 0 Å². The van der Waals surface area contributed by atoms with Crippen molar-refractivity contribution in [3.63, 3.8) is 0 Å². The molecule has 2 amide bonds. The van der Waals surface area contributed by atoms with Gasteiger partial charge in [0.15, 0.2) is 0 Å². The van der Waals surface area contributed by atoms with Crippen LogP contribution in [0.3, 0.4) is 0 Å². The summed E-state index contributed by atoms with van der Waals surface area (Å²) in [5, 5.41) is 7.06. The third-order valence-electron chi connectivity index (χ3n) is 6.32. The summed E-state index contributed by atoms with van der Waals surface area (Å²) in [5.74, 6) is 2.19. The molecule has 0 saturated heterocycles. The Balaban J connectivity index is 1.31. The van der Waals surface area contributed by atoms with Crippen molar-refractivity contribution in [1.82, 2.24) is 15.2 Å². The lowest BCUT2D eigenvalue weighted by Gasteiger charge is -2.23. The Morgan fingerprint density at radius 3 is 2.67 bits per heavy atom. The molecule has 1 aromatic carbocycles. The molecule has 7 nitrogen and oxygen atoms in total. The third-order valence-corrected chi connectivity index (χ3v) is 6.32. The van der Waals surface area contributed by atoms with Crippen molar-refractivity contribution < 1.29 is 18.4 Å². The molecular weight excluding hydrogens is 418 g/mol. The number of nitrogens with zero attached hydrogens (tertiary/aromatic N) is 1. The number of amides is 2. The summed E-state index contributed by atoms with van der Waals surface area (Å²) in [4.78, 5) is 25.6. The van der Waals surface area contributed by atoms with Crippen molar-refractivity contribution in [3.05, 3.63) is 83.3 Å². The van der Waals surface area contributed by atoms with Gasteiger partial charge in [-0.1, -0.05) is 18.2 Å². The number of rotatable bonds is 7. The van der Waals surface area contributed by atoms with Gasteiger partial charge >= 0.3 is 0 Å². The van der Waals surface area contributed by atoms with E-state index < -0.39 is 0 Å². The van der Waals surface area contributed by atoms with E-state index >= 15 is 0 Å². The van der Waals surface area contributed by atoms with Crippen molar-refractivity contribution in [2.75, 3.05) is 0 Å². The van der Waals surface area contributed by atoms with E-state index in [4.69, 9.17) is 8.83 Å². The van der Waals surface area contributed by atoms with E-state index in [1.807, 2.05) is 49.4 Å². The van der Waals surface area contributed by atoms with Crippen molar-refractivity contribution in [1.29, 1.82) is 0 Å². The Hall–Kier alpha value is -3.74. The van der Waals surface area contributed by atoms with Crippen LogP contribution in [0.25, 0.3) is 10.9 Å². The van der Waals surface area contributed by atoms with Crippen LogP contribution in [0.5, 0.6) is 0 Å². The number of aryl methyl sites for hydroxylation is 1. The fourth-order valence-electron chi connectivity index (χ4n) is 4.70. The Morgan fingerprint density at radius 1 is 1.03 bits per heavy atom. The molecule has 2 N–H and O–H groups in total. The number of carbonyl (C=O) groups is 2. The highest BCUT2D eigenvalue weighted by molar-refractivity contribution is 5.89. The second kappa shape index (κ2) is 9.02.